The van der Waals surface area contributed by atoms with E-state index in [1.54, 1.807) is 0 Å². The number of rotatable bonds is 7. The van der Waals surface area contributed by atoms with Crippen LogP contribution < -0.4 is 11.2 Å². The number of aromatic amines is 1. The van der Waals surface area contributed by atoms with Crippen LogP contribution in [0.4, 0.5) is 10.5 Å². The van der Waals surface area contributed by atoms with Crippen molar-refractivity contribution in [2.45, 2.75) is 38.2 Å². The van der Waals surface area contributed by atoms with Crippen LogP contribution in [0.2, 0.25) is 5.02 Å². The van der Waals surface area contributed by atoms with Crippen molar-refractivity contribution in [1.29, 1.82) is 0 Å². The zero-order chi connectivity index (χ0) is 23.4. The number of hydrogen-bond acceptors (Lipinski definition) is 9. The molecule has 172 valence electrons. The van der Waals surface area contributed by atoms with Gasteiger partial charge in [0.05, 0.1) is 28.2 Å². The maximum absolute atomic E-state index is 12.0. The van der Waals surface area contributed by atoms with Crippen LogP contribution in [-0.4, -0.2) is 51.2 Å². The van der Waals surface area contributed by atoms with Gasteiger partial charge in [0.15, 0.2) is 0 Å². The Kier molecular flexibility index (Phi) is 7.28. The zero-order valence-electron chi connectivity index (χ0n) is 16.9. The minimum atomic E-state index is -1.06. The quantitative estimate of drug-likeness (QED) is 0.347. The van der Waals surface area contributed by atoms with Crippen LogP contribution in [0.25, 0.3) is 0 Å². The van der Waals surface area contributed by atoms with Gasteiger partial charge in [-0.2, -0.15) is 0 Å². The molecule has 2 aromatic rings. The first-order valence-corrected chi connectivity index (χ1v) is 9.92. The summed E-state index contributed by atoms with van der Waals surface area (Å²) in [6, 6.07) is 4.23. The molecule has 12 nitrogen and oxygen atoms in total. The number of nitrogens with zero attached hydrogens (tertiary/aromatic N) is 2. The van der Waals surface area contributed by atoms with Gasteiger partial charge in [0.1, 0.15) is 18.9 Å². The highest BCUT2D eigenvalue weighted by atomic mass is 35.5. The lowest BCUT2D eigenvalue weighted by Gasteiger charge is -2.16. The van der Waals surface area contributed by atoms with E-state index >= 15 is 0 Å². The van der Waals surface area contributed by atoms with E-state index in [-0.39, 0.29) is 42.3 Å². The number of H-pyrrole nitrogens is 1. The van der Waals surface area contributed by atoms with Crippen molar-refractivity contribution in [1.82, 2.24) is 9.55 Å². The Labute approximate surface area is 185 Å². The summed E-state index contributed by atoms with van der Waals surface area (Å²) >= 11 is 5.98. The maximum atomic E-state index is 12.0. The SMILES string of the molecule is Cc1cn([C@H]2CC(O)[C@@H](COC(=O)OCCc3c(Cl)cccc3[N+](=O)[O-])O2)c(=O)[nH]c1=O. The maximum Gasteiger partial charge on any atom is 0.508 e. The first kappa shape index (κ1) is 23.4. The van der Waals surface area contributed by atoms with E-state index in [0.29, 0.717) is 5.56 Å². The molecule has 3 rings (SSSR count). The van der Waals surface area contributed by atoms with Crippen LogP contribution in [0.3, 0.4) is 0 Å². The Balaban J connectivity index is 1.51. The molecule has 0 amide bonds. The molecule has 0 bridgehead atoms. The third kappa shape index (κ3) is 5.33. The lowest BCUT2D eigenvalue weighted by molar-refractivity contribution is -0.385. The summed E-state index contributed by atoms with van der Waals surface area (Å²) < 4.78 is 16.6. The third-order valence-electron chi connectivity index (χ3n) is 4.89. The number of nitro groups is 1. The molecule has 0 spiro atoms. The molecule has 1 saturated heterocycles. The Morgan fingerprint density at radius 1 is 1.41 bits per heavy atom. The fourth-order valence-corrected chi connectivity index (χ4v) is 3.49. The number of aliphatic hydroxyl groups is 1. The Bertz CT molecular complexity index is 1130. The van der Waals surface area contributed by atoms with E-state index in [4.69, 9.17) is 25.8 Å². The minimum Gasteiger partial charge on any atom is -0.434 e. The molecular formula is C19H20ClN3O9. The fraction of sp³-hybridized carbons (Fsp3) is 0.421. The van der Waals surface area contributed by atoms with Crippen molar-refractivity contribution >= 4 is 23.4 Å². The van der Waals surface area contributed by atoms with Gasteiger partial charge >= 0.3 is 11.8 Å². The first-order valence-electron chi connectivity index (χ1n) is 9.54. The second-order valence-corrected chi connectivity index (χ2v) is 7.47. The van der Waals surface area contributed by atoms with Gasteiger partial charge in [0.2, 0.25) is 0 Å². The van der Waals surface area contributed by atoms with Crippen LogP contribution >= 0.6 is 11.6 Å². The smallest absolute Gasteiger partial charge is 0.434 e. The van der Waals surface area contributed by atoms with Gasteiger partial charge in [-0.05, 0) is 13.0 Å². The number of nitrogens with one attached hydrogen (secondary N) is 1. The van der Waals surface area contributed by atoms with Crippen molar-refractivity contribution in [2.75, 3.05) is 13.2 Å². The predicted octanol–water partition coefficient (Wildman–Crippen LogP) is 1.45. The van der Waals surface area contributed by atoms with Crippen molar-refractivity contribution in [2.24, 2.45) is 0 Å². The number of benzene rings is 1. The molecule has 13 heteroatoms. The van der Waals surface area contributed by atoms with Gasteiger partial charge in [-0.1, -0.05) is 17.7 Å². The Hall–Kier alpha value is -3.22. The summed E-state index contributed by atoms with van der Waals surface area (Å²) in [5.41, 5.74) is -0.867. The summed E-state index contributed by atoms with van der Waals surface area (Å²) in [7, 11) is 0. The highest BCUT2D eigenvalue weighted by molar-refractivity contribution is 6.31. The van der Waals surface area contributed by atoms with E-state index in [2.05, 4.69) is 4.98 Å². The monoisotopic (exact) mass is 469 g/mol. The molecular weight excluding hydrogens is 450 g/mol. The highest BCUT2D eigenvalue weighted by Crippen LogP contribution is 2.28. The number of carbonyl (C=O) groups is 1. The normalized spacial score (nSPS) is 20.2. The molecule has 0 radical (unpaired) electrons. The third-order valence-corrected chi connectivity index (χ3v) is 5.24. The Morgan fingerprint density at radius 3 is 2.88 bits per heavy atom. The van der Waals surface area contributed by atoms with E-state index in [0.717, 1.165) is 4.57 Å². The molecule has 1 aliphatic heterocycles. The van der Waals surface area contributed by atoms with E-state index in [9.17, 15) is 29.6 Å². The van der Waals surface area contributed by atoms with Crippen LogP contribution in [0.15, 0.2) is 34.0 Å². The van der Waals surface area contributed by atoms with Gasteiger partial charge in [-0.25, -0.2) is 9.59 Å². The lowest BCUT2D eigenvalue weighted by atomic mass is 10.1. The van der Waals surface area contributed by atoms with Gasteiger partial charge in [0, 0.05) is 30.7 Å². The molecule has 3 atom stereocenters. The van der Waals surface area contributed by atoms with Gasteiger partial charge in [0.25, 0.3) is 11.2 Å². The number of nitro benzene ring substituents is 1. The molecule has 0 aliphatic carbocycles. The summed E-state index contributed by atoms with van der Waals surface area (Å²) in [4.78, 5) is 48.0. The number of ether oxygens (including phenoxy) is 3. The molecule has 1 fully saturated rings. The summed E-state index contributed by atoms with van der Waals surface area (Å²) in [6.45, 7) is 0.958. The molecule has 1 aliphatic rings. The average molecular weight is 470 g/mol. The van der Waals surface area contributed by atoms with Gasteiger partial charge in [-0.3, -0.25) is 24.5 Å². The molecule has 1 unspecified atom stereocenters. The average Bonchev–Trinajstić information content (AvgIpc) is 3.10. The highest BCUT2D eigenvalue weighted by Gasteiger charge is 2.36. The molecule has 2 heterocycles. The molecule has 1 aromatic heterocycles. The Morgan fingerprint density at radius 2 is 2.16 bits per heavy atom. The topological polar surface area (TPSA) is 163 Å². The van der Waals surface area contributed by atoms with Crippen molar-refractivity contribution in [3.05, 3.63) is 71.5 Å². The fourth-order valence-electron chi connectivity index (χ4n) is 3.23. The zero-order valence-corrected chi connectivity index (χ0v) is 17.6. The number of carbonyl (C=O) groups excluding carboxylic acids is 1. The minimum absolute atomic E-state index is 0.00416. The lowest BCUT2D eigenvalue weighted by Crippen LogP contribution is -2.33. The standard InChI is InChI=1S/C19H20ClN3O9/c1-10-8-22(18(26)21-17(10)25)16-7-14(24)15(32-16)9-31-19(27)30-6-5-11-12(20)3-2-4-13(11)23(28)29/h2-4,8,14-16,24H,5-7,9H2,1H3,(H,21,25,26)/t14?,15-,16-/m1/s1. The first-order chi connectivity index (χ1) is 15.2. The molecule has 2 N–H and O–H groups in total. The van der Waals surface area contributed by atoms with Crippen LogP contribution in [0.5, 0.6) is 0 Å². The number of aryl methyl sites for hydroxylation is 1. The number of aliphatic hydroxyl groups excluding tert-OH is 1. The van der Waals surface area contributed by atoms with Crippen LogP contribution in [-0.2, 0) is 20.6 Å². The van der Waals surface area contributed by atoms with Crippen LogP contribution in [0.1, 0.15) is 23.8 Å². The van der Waals surface area contributed by atoms with Gasteiger partial charge < -0.3 is 19.3 Å². The molecule has 1 aromatic carbocycles. The number of aromatic nitrogens is 2. The largest absolute Gasteiger partial charge is 0.508 e. The second kappa shape index (κ2) is 9.94. The van der Waals surface area contributed by atoms with Crippen molar-refractivity contribution in [3.8, 4) is 0 Å². The van der Waals surface area contributed by atoms with Crippen LogP contribution in [0, 0.1) is 17.0 Å². The number of halogens is 1. The molecule has 32 heavy (non-hydrogen) atoms. The molecule has 0 saturated carbocycles. The second-order valence-electron chi connectivity index (χ2n) is 7.06. The van der Waals surface area contributed by atoms with E-state index < -0.39 is 40.8 Å². The summed E-state index contributed by atoms with van der Waals surface area (Å²) in [5, 5.41) is 21.4. The number of hydrogen-bond donors (Lipinski definition) is 2. The summed E-state index contributed by atoms with van der Waals surface area (Å²) in [6.07, 6.45) is -2.48. The van der Waals surface area contributed by atoms with Gasteiger partial charge in [-0.15, -0.1) is 0 Å². The van der Waals surface area contributed by atoms with E-state index in [1.165, 1.54) is 31.3 Å². The predicted molar refractivity (Wildman–Crippen MR) is 110 cm³/mol. The summed E-state index contributed by atoms with van der Waals surface area (Å²) in [5.74, 6) is 0. The van der Waals surface area contributed by atoms with Crippen molar-refractivity contribution in [3.63, 3.8) is 0 Å². The van der Waals surface area contributed by atoms with Crippen molar-refractivity contribution < 1.29 is 29.0 Å². The van der Waals surface area contributed by atoms with E-state index in [1.807, 2.05) is 0 Å².